The van der Waals surface area contributed by atoms with Crippen molar-refractivity contribution in [3.05, 3.63) is 23.9 Å². The van der Waals surface area contributed by atoms with Crippen molar-refractivity contribution < 1.29 is 0 Å². The van der Waals surface area contributed by atoms with E-state index in [-0.39, 0.29) is 6.04 Å². The zero-order valence-electron chi connectivity index (χ0n) is 10.6. The van der Waals surface area contributed by atoms with E-state index >= 15 is 0 Å². The summed E-state index contributed by atoms with van der Waals surface area (Å²) in [5, 5.41) is 0. The highest BCUT2D eigenvalue weighted by Crippen LogP contribution is 2.11. The predicted octanol–water partition coefficient (Wildman–Crippen LogP) is 2.21. The molecule has 1 unspecified atom stereocenters. The molecule has 0 fully saturated rings. The van der Waals surface area contributed by atoms with Crippen molar-refractivity contribution in [1.29, 1.82) is 0 Å². The lowest BCUT2D eigenvalue weighted by Gasteiger charge is -2.17. The highest BCUT2D eigenvalue weighted by atomic mass is 15.2. The Morgan fingerprint density at radius 1 is 1.38 bits per heavy atom. The van der Waals surface area contributed by atoms with E-state index in [1.54, 1.807) is 0 Å². The van der Waals surface area contributed by atoms with E-state index in [9.17, 15) is 0 Å². The third-order valence-electron chi connectivity index (χ3n) is 2.78. The van der Waals surface area contributed by atoms with E-state index in [2.05, 4.69) is 42.9 Å². The van der Waals surface area contributed by atoms with Crippen LogP contribution in [0.1, 0.15) is 32.3 Å². The van der Waals surface area contributed by atoms with Gasteiger partial charge in [-0.15, -0.1) is 0 Å². The van der Waals surface area contributed by atoms with E-state index in [1.807, 2.05) is 6.20 Å². The van der Waals surface area contributed by atoms with Gasteiger partial charge in [-0.1, -0.05) is 19.9 Å². The molecule has 0 amide bonds. The summed E-state index contributed by atoms with van der Waals surface area (Å²) >= 11 is 0. The summed E-state index contributed by atoms with van der Waals surface area (Å²) in [6, 6.07) is 4.46. The summed E-state index contributed by atoms with van der Waals surface area (Å²) in [4.78, 5) is 6.63. The normalized spacial score (nSPS) is 12.5. The van der Waals surface area contributed by atoms with Gasteiger partial charge in [0.2, 0.25) is 0 Å². The predicted molar refractivity (Wildman–Crippen MR) is 69.8 cm³/mol. The largest absolute Gasteiger partial charge is 0.360 e. The lowest BCUT2D eigenvalue weighted by Crippen LogP contribution is -2.22. The quantitative estimate of drug-likeness (QED) is 0.801. The van der Waals surface area contributed by atoms with Crippen LogP contribution < -0.4 is 10.6 Å². The van der Waals surface area contributed by atoms with Crippen LogP contribution in [0.3, 0.4) is 0 Å². The zero-order valence-corrected chi connectivity index (χ0v) is 10.6. The second-order valence-electron chi connectivity index (χ2n) is 4.32. The first-order valence-corrected chi connectivity index (χ1v) is 6.09. The van der Waals surface area contributed by atoms with Crippen molar-refractivity contribution in [2.45, 2.75) is 39.2 Å². The summed E-state index contributed by atoms with van der Waals surface area (Å²) in [5.74, 6) is 1.04. The van der Waals surface area contributed by atoms with Crippen molar-refractivity contribution in [2.24, 2.45) is 5.73 Å². The fraction of sp³-hybridized carbons (Fsp3) is 0.615. The molecule has 0 aliphatic rings. The van der Waals surface area contributed by atoms with Crippen LogP contribution in [-0.2, 0) is 6.42 Å². The van der Waals surface area contributed by atoms with E-state index in [0.717, 1.165) is 31.6 Å². The molecule has 2 N–H and O–H groups in total. The molecule has 90 valence electrons. The minimum atomic E-state index is 0.251. The lowest BCUT2D eigenvalue weighted by molar-refractivity contribution is 0.645. The molecule has 1 aromatic rings. The van der Waals surface area contributed by atoms with Crippen molar-refractivity contribution in [1.82, 2.24) is 4.98 Å². The maximum absolute atomic E-state index is 5.91. The van der Waals surface area contributed by atoms with Gasteiger partial charge in [-0.25, -0.2) is 4.98 Å². The van der Waals surface area contributed by atoms with Crippen LogP contribution in [0.2, 0.25) is 0 Å². The summed E-state index contributed by atoms with van der Waals surface area (Å²) in [6.45, 7) is 5.33. The fourth-order valence-electron chi connectivity index (χ4n) is 1.66. The van der Waals surface area contributed by atoms with E-state index < -0.39 is 0 Å². The van der Waals surface area contributed by atoms with Crippen LogP contribution in [0.15, 0.2) is 18.3 Å². The van der Waals surface area contributed by atoms with Crippen LogP contribution in [-0.4, -0.2) is 24.6 Å². The molecule has 0 bridgehead atoms. The average molecular weight is 221 g/mol. The molecule has 1 heterocycles. The summed E-state index contributed by atoms with van der Waals surface area (Å²) in [7, 11) is 2.07. The van der Waals surface area contributed by atoms with Gasteiger partial charge in [-0.2, -0.15) is 0 Å². The molecule has 0 spiro atoms. The van der Waals surface area contributed by atoms with E-state index in [0.29, 0.717) is 0 Å². The van der Waals surface area contributed by atoms with Gasteiger partial charge in [0.05, 0.1) is 0 Å². The Kier molecular flexibility index (Phi) is 5.26. The van der Waals surface area contributed by atoms with Crippen LogP contribution in [0.4, 0.5) is 5.82 Å². The first kappa shape index (κ1) is 13.0. The Balaban J connectivity index is 2.60. The van der Waals surface area contributed by atoms with Gasteiger partial charge in [0.25, 0.3) is 0 Å². The van der Waals surface area contributed by atoms with Gasteiger partial charge >= 0.3 is 0 Å². The number of pyridine rings is 1. The number of nitrogens with two attached hydrogens (primary N) is 1. The molecular formula is C13H23N3. The van der Waals surface area contributed by atoms with Gasteiger partial charge in [0.1, 0.15) is 5.82 Å². The van der Waals surface area contributed by atoms with Crippen LogP contribution in [0.25, 0.3) is 0 Å². The Morgan fingerprint density at radius 3 is 2.62 bits per heavy atom. The summed E-state index contributed by atoms with van der Waals surface area (Å²) in [5.41, 5.74) is 7.14. The second-order valence-corrected chi connectivity index (χ2v) is 4.32. The van der Waals surface area contributed by atoms with E-state index in [4.69, 9.17) is 5.73 Å². The first-order chi connectivity index (χ1) is 7.67. The van der Waals surface area contributed by atoms with Gasteiger partial charge in [-0.05, 0) is 30.9 Å². The highest BCUT2D eigenvalue weighted by Gasteiger charge is 2.04. The number of hydrogen-bond acceptors (Lipinski definition) is 3. The lowest BCUT2D eigenvalue weighted by atomic mass is 10.1. The van der Waals surface area contributed by atoms with Crippen LogP contribution in [0, 0.1) is 0 Å². The fourth-order valence-corrected chi connectivity index (χ4v) is 1.66. The maximum atomic E-state index is 5.91. The van der Waals surface area contributed by atoms with Gasteiger partial charge in [0.15, 0.2) is 0 Å². The molecule has 3 nitrogen and oxygen atoms in total. The van der Waals surface area contributed by atoms with Crippen molar-refractivity contribution in [2.75, 3.05) is 18.5 Å². The average Bonchev–Trinajstić information content (AvgIpc) is 2.30. The molecule has 0 saturated heterocycles. The molecule has 0 aliphatic carbocycles. The maximum Gasteiger partial charge on any atom is 0.128 e. The molecule has 0 saturated carbocycles. The van der Waals surface area contributed by atoms with E-state index in [1.165, 1.54) is 5.56 Å². The first-order valence-electron chi connectivity index (χ1n) is 6.09. The minimum absolute atomic E-state index is 0.251. The molecule has 16 heavy (non-hydrogen) atoms. The summed E-state index contributed by atoms with van der Waals surface area (Å²) in [6.07, 6.45) is 5.01. The SMILES string of the molecule is CCCN(C)c1ccc(CC(N)CC)cn1. The van der Waals surface area contributed by atoms with Crippen LogP contribution in [0.5, 0.6) is 0 Å². The number of anilines is 1. The van der Waals surface area contributed by atoms with Crippen molar-refractivity contribution >= 4 is 5.82 Å². The molecule has 3 heteroatoms. The molecule has 0 radical (unpaired) electrons. The minimum Gasteiger partial charge on any atom is -0.360 e. The Hall–Kier alpha value is -1.09. The Bertz CT molecular complexity index is 295. The molecular weight excluding hydrogens is 198 g/mol. The second kappa shape index (κ2) is 6.48. The number of hydrogen-bond donors (Lipinski definition) is 1. The topological polar surface area (TPSA) is 42.1 Å². The number of nitrogens with zero attached hydrogens (tertiary/aromatic N) is 2. The van der Waals surface area contributed by atoms with Gasteiger partial charge < -0.3 is 10.6 Å². The highest BCUT2D eigenvalue weighted by molar-refractivity contribution is 5.38. The van der Waals surface area contributed by atoms with Gasteiger partial charge in [0, 0.05) is 25.8 Å². The number of rotatable bonds is 6. The third-order valence-corrected chi connectivity index (χ3v) is 2.78. The number of aromatic nitrogens is 1. The molecule has 1 rings (SSSR count). The summed E-state index contributed by atoms with van der Waals surface area (Å²) < 4.78 is 0. The Labute approximate surface area is 98.7 Å². The van der Waals surface area contributed by atoms with Crippen LogP contribution >= 0.6 is 0 Å². The smallest absolute Gasteiger partial charge is 0.128 e. The zero-order chi connectivity index (χ0) is 12.0. The molecule has 1 aromatic heterocycles. The third kappa shape index (κ3) is 3.81. The Morgan fingerprint density at radius 2 is 2.12 bits per heavy atom. The van der Waals surface area contributed by atoms with Crippen molar-refractivity contribution in [3.63, 3.8) is 0 Å². The monoisotopic (exact) mass is 221 g/mol. The van der Waals surface area contributed by atoms with Crippen molar-refractivity contribution in [3.8, 4) is 0 Å². The molecule has 0 aliphatic heterocycles. The van der Waals surface area contributed by atoms with Gasteiger partial charge in [-0.3, -0.25) is 0 Å². The molecule has 0 aromatic carbocycles. The standard InChI is InChI=1S/C13H23N3/c1-4-8-16(3)13-7-6-11(10-15-13)9-12(14)5-2/h6-7,10,12H,4-5,8-9,14H2,1-3H3. The molecule has 1 atom stereocenters.